The number of hydrogen-bond donors (Lipinski definition) is 0. The first-order chi connectivity index (χ1) is 11.0. The zero-order chi connectivity index (χ0) is 16.4. The van der Waals surface area contributed by atoms with E-state index in [1.165, 1.54) is 6.07 Å². The predicted molar refractivity (Wildman–Crippen MR) is 82.7 cm³/mol. The Morgan fingerprint density at radius 2 is 2.13 bits per heavy atom. The van der Waals surface area contributed by atoms with E-state index in [9.17, 15) is 14.9 Å². The lowest BCUT2D eigenvalue weighted by Gasteiger charge is -2.01. The highest BCUT2D eigenvalue weighted by molar-refractivity contribution is 6.13. The minimum atomic E-state index is -0.605. The van der Waals surface area contributed by atoms with E-state index < -0.39 is 10.9 Å². The molecule has 7 nitrogen and oxygen atoms in total. The summed E-state index contributed by atoms with van der Waals surface area (Å²) in [6.07, 6.45) is 4.75. The smallest absolute Gasteiger partial charge is 0.363 e. The van der Waals surface area contributed by atoms with Crippen molar-refractivity contribution < 1.29 is 14.5 Å². The number of pyridine rings is 1. The van der Waals surface area contributed by atoms with Crippen molar-refractivity contribution in [2.45, 2.75) is 6.92 Å². The highest BCUT2D eigenvalue weighted by Crippen LogP contribution is 2.23. The fourth-order valence-corrected chi connectivity index (χ4v) is 2.09. The topological polar surface area (TPSA) is 94.7 Å². The fourth-order valence-electron chi connectivity index (χ4n) is 2.09. The molecule has 2 heterocycles. The van der Waals surface area contributed by atoms with Crippen molar-refractivity contribution in [1.29, 1.82) is 0 Å². The first-order valence-electron chi connectivity index (χ1n) is 6.72. The van der Waals surface area contributed by atoms with Crippen LogP contribution in [-0.2, 0) is 9.53 Å². The van der Waals surface area contributed by atoms with Crippen LogP contribution in [-0.4, -0.2) is 21.8 Å². The van der Waals surface area contributed by atoms with Gasteiger partial charge in [-0.1, -0.05) is 12.1 Å². The van der Waals surface area contributed by atoms with E-state index >= 15 is 0 Å². The zero-order valence-corrected chi connectivity index (χ0v) is 12.1. The van der Waals surface area contributed by atoms with E-state index in [2.05, 4.69) is 9.98 Å². The summed E-state index contributed by atoms with van der Waals surface area (Å²) in [7, 11) is 0. The van der Waals surface area contributed by atoms with Crippen LogP contribution in [0.2, 0.25) is 0 Å². The number of benzene rings is 1. The van der Waals surface area contributed by atoms with E-state index in [4.69, 9.17) is 4.74 Å². The number of nitro groups is 1. The molecule has 0 radical (unpaired) electrons. The zero-order valence-electron chi connectivity index (χ0n) is 12.1. The Morgan fingerprint density at radius 3 is 2.83 bits per heavy atom. The van der Waals surface area contributed by atoms with Crippen molar-refractivity contribution in [2.75, 3.05) is 0 Å². The molecule has 1 aromatic heterocycles. The number of aromatic nitrogens is 1. The maximum absolute atomic E-state index is 11.9. The molecule has 0 amide bonds. The van der Waals surface area contributed by atoms with E-state index in [0.29, 0.717) is 16.7 Å². The molecule has 23 heavy (non-hydrogen) atoms. The number of nitro benzene ring substituents is 1. The van der Waals surface area contributed by atoms with Gasteiger partial charge in [-0.3, -0.25) is 15.1 Å². The van der Waals surface area contributed by atoms with Gasteiger partial charge in [0, 0.05) is 29.6 Å². The molecule has 0 fully saturated rings. The molecular weight excluding hydrogens is 298 g/mol. The standard InChI is InChI=1S/C16H11N3O4/c1-10-4-5-12(8-14(10)19(21)22)15-18-13(16(20)23-15)7-11-3-2-6-17-9-11/h2-9H,1H3. The first-order valence-corrected chi connectivity index (χ1v) is 6.72. The van der Waals surface area contributed by atoms with Crippen LogP contribution in [0.1, 0.15) is 16.7 Å². The van der Waals surface area contributed by atoms with Gasteiger partial charge in [-0.25, -0.2) is 9.79 Å². The number of carbonyl (C=O) groups is 1. The second-order valence-electron chi connectivity index (χ2n) is 4.88. The number of hydrogen-bond acceptors (Lipinski definition) is 6. The number of rotatable bonds is 3. The highest BCUT2D eigenvalue weighted by atomic mass is 16.6. The molecular formula is C16H11N3O4. The van der Waals surface area contributed by atoms with Gasteiger partial charge in [0.1, 0.15) is 0 Å². The monoisotopic (exact) mass is 309 g/mol. The molecule has 3 rings (SSSR count). The van der Waals surface area contributed by atoms with Crippen LogP contribution < -0.4 is 0 Å². The number of aliphatic imine (C=N–C) groups is 1. The SMILES string of the molecule is Cc1ccc(C2=NC(=Cc3cccnc3)C(=O)O2)cc1[N+](=O)[O-]. The summed E-state index contributed by atoms with van der Waals surface area (Å²) in [4.78, 5) is 30.5. The van der Waals surface area contributed by atoms with E-state index in [-0.39, 0.29) is 17.3 Å². The Hall–Kier alpha value is -3.35. The molecule has 0 aliphatic carbocycles. The van der Waals surface area contributed by atoms with Crippen LogP contribution in [0, 0.1) is 17.0 Å². The average Bonchev–Trinajstić information content (AvgIpc) is 2.89. The normalized spacial score (nSPS) is 15.4. The molecule has 7 heteroatoms. The maximum atomic E-state index is 11.9. The van der Waals surface area contributed by atoms with Gasteiger partial charge < -0.3 is 4.74 Å². The Kier molecular flexibility index (Phi) is 3.68. The lowest BCUT2D eigenvalue weighted by molar-refractivity contribution is -0.385. The summed E-state index contributed by atoms with van der Waals surface area (Å²) in [6, 6.07) is 8.07. The van der Waals surface area contributed by atoms with Gasteiger partial charge in [0.15, 0.2) is 5.70 Å². The molecule has 1 aromatic carbocycles. The third-order valence-corrected chi connectivity index (χ3v) is 3.26. The Morgan fingerprint density at radius 1 is 1.30 bits per heavy atom. The number of aryl methyl sites for hydroxylation is 1. The molecule has 114 valence electrons. The van der Waals surface area contributed by atoms with Gasteiger partial charge in [0.25, 0.3) is 5.69 Å². The third-order valence-electron chi connectivity index (χ3n) is 3.26. The highest BCUT2D eigenvalue weighted by Gasteiger charge is 2.25. The minimum absolute atomic E-state index is 0.0493. The van der Waals surface area contributed by atoms with Gasteiger partial charge in [-0.15, -0.1) is 0 Å². The van der Waals surface area contributed by atoms with Crippen molar-refractivity contribution >= 4 is 23.6 Å². The van der Waals surface area contributed by atoms with Crippen LogP contribution in [0.25, 0.3) is 6.08 Å². The third kappa shape index (κ3) is 2.98. The van der Waals surface area contributed by atoms with Gasteiger partial charge in [0.2, 0.25) is 5.90 Å². The second-order valence-corrected chi connectivity index (χ2v) is 4.88. The molecule has 0 saturated heterocycles. The van der Waals surface area contributed by atoms with Crippen molar-refractivity contribution in [3.05, 3.63) is 75.2 Å². The predicted octanol–water partition coefficient (Wildman–Crippen LogP) is 2.64. The molecule has 0 N–H and O–H groups in total. The van der Waals surface area contributed by atoms with Crippen molar-refractivity contribution in [2.24, 2.45) is 4.99 Å². The summed E-state index contributed by atoms with van der Waals surface area (Å²) < 4.78 is 5.11. The number of esters is 1. The Labute approximate surface area is 131 Å². The molecule has 1 aliphatic heterocycles. The maximum Gasteiger partial charge on any atom is 0.363 e. The lowest BCUT2D eigenvalue weighted by Crippen LogP contribution is -2.06. The summed E-state index contributed by atoms with van der Waals surface area (Å²) >= 11 is 0. The summed E-state index contributed by atoms with van der Waals surface area (Å²) in [5, 5.41) is 11.0. The van der Waals surface area contributed by atoms with Gasteiger partial charge in [-0.05, 0) is 30.7 Å². The number of ether oxygens (including phenoxy) is 1. The summed E-state index contributed by atoms with van der Waals surface area (Å²) in [6.45, 7) is 1.64. The van der Waals surface area contributed by atoms with E-state index in [1.54, 1.807) is 49.7 Å². The number of nitrogens with zero attached hydrogens (tertiary/aromatic N) is 3. The molecule has 0 spiro atoms. The molecule has 2 aromatic rings. The summed E-state index contributed by atoms with van der Waals surface area (Å²) in [5.41, 5.74) is 1.68. The molecule has 1 aliphatic rings. The largest absolute Gasteiger partial charge is 0.402 e. The Balaban J connectivity index is 1.97. The minimum Gasteiger partial charge on any atom is -0.402 e. The van der Waals surface area contributed by atoms with Crippen LogP contribution >= 0.6 is 0 Å². The van der Waals surface area contributed by atoms with Crippen molar-refractivity contribution in [3.63, 3.8) is 0 Å². The fraction of sp³-hybridized carbons (Fsp3) is 0.0625. The molecule has 0 atom stereocenters. The molecule has 0 bridgehead atoms. The van der Waals surface area contributed by atoms with Crippen LogP contribution in [0.15, 0.2) is 53.4 Å². The first kappa shape index (κ1) is 14.6. The van der Waals surface area contributed by atoms with Gasteiger partial charge in [0.05, 0.1) is 4.92 Å². The molecule has 0 unspecified atom stereocenters. The van der Waals surface area contributed by atoms with Crippen LogP contribution in [0.5, 0.6) is 0 Å². The second kappa shape index (κ2) is 5.80. The Bertz CT molecular complexity index is 857. The van der Waals surface area contributed by atoms with Crippen LogP contribution in [0.4, 0.5) is 5.69 Å². The molecule has 0 saturated carbocycles. The van der Waals surface area contributed by atoms with Crippen molar-refractivity contribution in [1.82, 2.24) is 4.98 Å². The van der Waals surface area contributed by atoms with Gasteiger partial charge in [-0.2, -0.15) is 0 Å². The quantitative estimate of drug-likeness (QED) is 0.376. The lowest BCUT2D eigenvalue weighted by atomic mass is 10.1. The van der Waals surface area contributed by atoms with Crippen molar-refractivity contribution in [3.8, 4) is 0 Å². The van der Waals surface area contributed by atoms with E-state index in [1.807, 2.05) is 0 Å². The van der Waals surface area contributed by atoms with E-state index in [0.717, 1.165) is 0 Å². The van der Waals surface area contributed by atoms with Gasteiger partial charge >= 0.3 is 5.97 Å². The number of cyclic esters (lactones) is 1. The number of carbonyl (C=O) groups excluding carboxylic acids is 1. The average molecular weight is 309 g/mol. The van der Waals surface area contributed by atoms with Crippen LogP contribution in [0.3, 0.4) is 0 Å². The summed E-state index contributed by atoms with van der Waals surface area (Å²) in [5.74, 6) is -0.555.